The van der Waals surface area contributed by atoms with Crippen molar-refractivity contribution < 1.29 is 17.9 Å². The van der Waals surface area contributed by atoms with Gasteiger partial charge in [0.05, 0.1) is 17.2 Å². The molecule has 0 radical (unpaired) electrons. The van der Waals surface area contributed by atoms with Gasteiger partial charge in [-0.3, -0.25) is 9.10 Å². The maximum Gasteiger partial charge on any atom is 0.264 e. The number of aryl methyl sites for hydroxylation is 1. The molecule has 0 bridgehead atoms. The summed E-state index contributed by atoms with van der Waals surface area (Å²) in [6.45, 7) is 8.09. The first-order valence-electron chi connectivity index (χ1n) is 10.9. The number of ether oxygens (including phenoxy) is 1. The highest BCUT2D eigenvalue weighted by molar-refractivity contribution is 7.92. The van der Waals surface area contributed by atoms with Gasteiger partial charge in [0.15, 0.2) is 0 Å². The monoisotopic (exact) mass is 466 g/mol. The van der Waals surface area contributed by atoms with E-state index in [2.05, 4.69) is 19.2 Å². The Morgan fingerprint density at radius 1 is 0.939 bits per heavy atom. The second-order valence-electron chi connectivity index (χ2n) is 8.08. The van der Waals surface area contributed by atoms with Crippen LogP contribution >= 0.6 is 0 Å². The number of carbonyl (C=O) groups is 1. The van der Waals surface area contributed by atoms with Crippen molar-refractivity contribution >= 4 is 27.3 Å². The summed E-state index contributed by atoms with van der Waals surface area (Å²) in [4.78, 5) is 13.0. The molecule has 0 unspecified atom stereocenters. The molecule has 174 valence electrons. The Kier molecular flexibility index (Phi) is 7.76. The van der Waals surface area contributed by atoms with Crippen LogP contribution in [0.5, 0.6) is 5.75 Å². The van der Waals surface area contributed by atoms with Crippen molar-refractivity contribution in [2.45, 2.75) is 38.5 Å². The number of carbonyl (C=O) groups excluding carboxylic acids is 1. The van der Waals surface area contributed by atoms with Crippen LogP contribution < -0.4 is 14.4 Å². The van der Waals surface area contributed by atoms with E-state index in [0.717, 1.165) is 15.4 Å². The zero-order valence-corrected chi connectivity index (χ0v) is 20.2. The van der Waals surface area contributed by atoms with E-state index in [9.17, 15) is 13.2 Å². The lowest BCUT2D eigenvalue weighted by molar-refractivity contribution is -0.114. The number of hydrogen-bond acceptors (Lipinski definition) is 4. The maximum atomic E-state index is 13.5. The fraction of sp³-hybridized carbons (Fsp3) is 0.269. The molecule has 0 aliphatic rings. The van der Waals surface area contributed by atoms with E-state index in [1.807, 2.05) is 38.1 Å². The molecule has 0 spiro atoms. The highest BCUT2D eigenvalue weighted by Gasteiger charge is 2.27. The maximum absolute atomic E-state index is 13.5. The Morgan fingerprint density at radius 2 is 1.55 bits per heavy atom. The quantitative estimate of drug-likeness (QED) is 0.461. The summed E-state index contributed by atoms with van der Waals surface area (Å²) in [5.74, 6) is 0.574. The van der Waals surface area contributed by atoms with Crippen LogP contribution in [0, 0.1) is 6.92 Å². The van der Waals surface area contributed by atoms with Crippen LogP contribution in [0.2, 0.25) is 0 Å². The van der Waals surface area contributed by atoms with Crippen molar-refractivity contribution in [2.75, 3.05) is 22.8 Å². The third kappa shape index (κ3) is 6.14. The number of amides is 1. The normalized spacial score (nSPS) is 11.3. The Bertz CT molecular complexity index is 1170. The SMILES string of the molecule is CCOc1ccc(N(CC(=O)Nc2ccc(C(C)C)cc2)S(=O)(=O)c2ccc(C)cc2)cc1. The highest BCUT2D eigenvalue weighted by Crippen LogP contribution is 2.26. The number of anilines is 2. The molecule has 0 aromatic heterocycles. The van der Waals surface area contributed by atoms with Crippen LogP contribution in [-0.2, 0) is 14.8 Å². The van der Waals surface area contributed by atoms with Crippen LogP contribution in [0.4, 0.5) is 11.4 Å². The predicted octanol–water partition coefficient (Wildman–Crippen LogP) is 5.35. The van der Waals surface area contributed by atoms with Crippen LogP contribution in [0.15, 0.2) is 77.7 Å². The summed E-state index contributed by atoms with van der Waals surface area (Å²) in [6.07, 6.45) is 0. The molecule has 0 saturated heterocycles. The predicted molar refractivity (Wildman–Crippen MR) is 132 cm³/mol. The van der Waals surface area contributed by atoms with E-state index >= 15 is 0 Å². The summed E-state index contributed by atoms with van der Waals surface area (Å²) >= 11 is 0. The average Bonchev–Trinajstić information content (AvgIpc) is 2.79. The largest absolute Gasteiger partial charge is 0.494 e. The Labute approximate surface area is 196 Å². The van der Waals surface area contributed by atoms with Crippen molar-refractivity contribution in [3.63, 3.8) is 0 Å². The van der Waals surface area contributed by atoms with E-state index in [1.54, 1.807) is 48.5 Å². The minimum atomic E-state index is -3.97. The highest BCUT2D eigenvalue weighted by atomic mass is 32.2. The molecule has 3 aromatic rings. The van der Waals surface area contributed by atoms with Gasteiger partial charge in [0.25, 0.3) is 10.0 Å². The number of nitrogens with zero attached hydrogens (tertiary/aromatic N) is 1. The Hall–Kier alpha value is -3.32. The smallest absolute Gasteiger partial charge is 0.264 e. The number of hydrogen-bond donors (Lipinski definition) is 1. The molecule has 6 nitrogen and oxygen atoms in total. The summed E-state index contributed by atoms with van der Waals surface area (Å²) in [7, 11) is -3.97. The van der Waals surface area contributed by atoms with E-state index in [1.165, 1.54) is 0 Å². The fourth-order valence-corrected chi connectivity index (χ4v) is 4.73. The summed E-state index contributed by atoms with van der Waals surface area (Å²) in [5, 5.41) is 2.80. The van der Waals surface area contributed by atoms with E-state index in [4.69, 9.17) is 4.74 Å². The minimum absolute atomic E-state index is 0.121. The Morgan fingerprint density at radius 3 is 2.09 bits per heavy atom. The molecular formula is C26H30N2O4S. The van der Waals surface area contributed by atoms with Crippen LogP contribution in [0.25, 0.3) is 0 Å². The molecule has 0 aliphatic heterocycles. The van der Waals surface area contributed by atoms with Gasteiger partial charge < -0.3 is 10.1 Å². The molecule has 1 N–H and O–H groups in total. The first-order valence-corrected chi connectivity index (χ1v) is 12.4. The average molecular weight is 467 g/mol. The van der Waals surface area contributed by atoms with Gasteiger partial charge in [-0.1, -0.05) is 43.7 Å². The molecule has 0 aliphatic carbocycles. The molecule has 33 heavy (non-hydrogen) atoms. The van der Waals surface area contributed by atoms with Gasteiger partial charge in [-0.05, 0) is 73.9 Å². The molecule has 3 aromatic carbocycles. The second kappa shape index (κ2) is 10.5. The lowest BCUT2D eigenvalue weighted by atomic mass is 10.0. The van der Waals surface area contributed by atoms with Crippen LogP contribution in [0.3, 0.4) is 0 Å². The lowest BCUT2D eigenvalue weighted by Gasteiger charge is -2.24. The lowest BCUT2D eigenvalue weighted by Crippen LogP contribution is -2.38. The molecule has 7 heteroatoms. The topological polar surface area (TPSA) is 75.7 Å². The van der Waals surface area contributed by atoms with Gasteiger partial charge in [0.1, 0.15) is 12.3 Å². The molecule has 3 rings (SSSR count). The van der Waals surface area contributed by atoms with Crippen LogP contribution in [0.1, 0.15) is 37.8 Å². The third-order valence-corrected chi connectivity index (χ3v) is 6.98. The molecule has 0 fully saturated rings. The molecular weight excluding hydrogens is 436 g/mol. The van der Waals surface area contributed by atoms with Gasteiger partial charge in [-0.15, -0.1) is 0 Å². The first kappa shape index (κ1) is 24.3. The van der Waals surface area contributed by atoms with E-state index in [0.29, 0.717) is 29.6 Å². The van der Waals surface area contributed by atoms with Gasteiger partial charge in [-0.2, -0.15) is 0 Å². The van der Waals surface area contributed by atoms with Crippen molar-refractivity contribution in [2.24, 2.45) is 0 Å². The second-order valence-corrected chi connectivity index (χ2v) is 9.94. The standard InChI is InChI=1S/C26H30N2O4S/c1-5-32-24-14-12-23(13-15-24)28(33(30,31)25-16-6-20(4)7-17-25)18-26(29)27-22-10-8-21(9-11-22)19(2)3/h6-17,19H,5,18H2,1-4H3,(H,27,29). The number of rotatable bonds is 9. The molecule has 1 amide bonds. The molecule has 0 atom stereocenters. The Balaban J connectivity index is 1.89. The summed E-state index contributed by atoms with van der Waals surface area (Å²) in [6, 6.07) is 20.8. The van der Waals surface area contributed by atoms with Gasteiger partial charge in [0, 0.05) is 5.69 Å². The van der Waals surface area contributed by atoms with Crippen LogP contribution in [-0.4, -0.2) is 27.5 Å². The fourth-order valence-electron chi connectivity index (χ4n) is 3.31. The number of benzene rings is 3. The molecule has 0 heterocycles. The van der Waals surface area contributed by atoms with Gasteiger partial charge in [-0.25, -0.2) is 8.42 Å². The number of nitrogens with one attached hydrogen (secondary N) is 1. The third-order valence-electron chi connectivity index (χ3n) is 5.19. The number of sulfonamides is 1. The van der Waals surface area contributed by atoms with Crippen molar-refractivity contribution in [3.8, 4) is 5.75 Å². The minimum Gasteiger partial charge on any atom is -0.494 e. The van der Waals surface area contributed by atoms with Gasteiger partial charge in [0.2, 0.25) is 5.91 Å². The van der Waals surface area contributed by atoms with Gasteiger partial charge >= 0.3 is 0 Å². The van der Waals surface area contributed by atoms with E-state index in [-0.39, 0.29) is 11.4 Å². The van der Waals surface area contributed by atoms with Crippen molar-refractivity contribution in [3.05, 3.63) is 83.9 Å². The summed E-state index contributed by atoms with van der Waals surface area (Å²) < 4.78 is 33.5. The summed E-state index contributed by atoms with van der Waals surface area (Å²) in [5.41, 5.74) is 3.10. The zero-order valence-electron chi connectivity index (χ0n) is 19.4. The first-order chi connectivity index (χ1) is 15.7. The van der Waals surface area contributed by atoms with Crippen molar-refractivity contribution in [1.82, 2.24) is 0 Å². The molecule has 0 saturated carbocycles. The van der Waals surface area contributed by atoms with Crippen molar-refractivity contribution in [1.29, 1.82) is 0 Å². The zero-order chi connectivity index (χ0) is 24.0. The van der Waals surface area contributed by atoms with E-state index < -0.39 is 15.9 Å².